The van der Waals surface area contributed by atoms with Gasteiger partial charge in [-0.2, -0.15) is 0 Å². The van der Waals surface area contributed by atoms with Gasteiger partial charge >= 0.3 is 0 Å². The fourth-order valence-corrected chi connectivity index (χ4v) is 3.71. The molecule has 25 heavy (non-hydrogen) atoms. The number of nitrogens with zero attached hydrogens (tertiary/aromatic N) is 5. The van der Waals surface area contributed by atoms with Crippen LogP contribution in [0.4, 0.5) is 5.13 Å². The Labute approximate surface area is 147 Å². The highest BCUT2D eigenvalue weighted by atomic mass is 32.1. The Morgan fingerprint density at radius 2 is 2.16 bits per heavy atom. The fraction of sp³-hybridized carbons (Fsp3) is 0.235. The number of hydrogen-bond donors (Lipinski definition) is 1. The van der Waals surface area contributed by atoms with E-state index in [0.717, 1.165) is 37.8 Å². The summed E-state index contributed by atoms with van der Waals surface area (Å²) in [5.41, 5.74) is 4.90. The molecule has 0 aliphatic heterocycles. The number of ketones is 1. The Morgan fingerprint density at radius 3 is 2.88 bits per heavy atom. The SMILES string of the molecule is CCC(=O)c1cc(C)c(-c2cc3nc(NC)sc3n3cnnc23)cn1. The molecular weight excluding hydrogens is 336 g/mol. The molecule has 0 aliphatic rings. The molecule has 0 amide bonds. The minimum atomic E-state index is 0.0379. The number of aryl methyl sites for hydroxylation is 1. The second-order valence-electron chi connectivity index (χ2n) is 5.70. The summed E-state index contributed by atoms with van der Waals surface area (Å²) < 4.78 is 1.94. The van der Waals surface area contributed by atoms with Crippen LogP contribution in [0.15, 0.2) is 24.7 Å². The average molecular weight is 352 g/mol. The zero-order valence-corrected chi connectivity index (χ0v) is 14.9. The van der Waals surface area contributed by atoms with Crippen LogP contribution in [0.5, 0.6) is 0 Å². The van der Waals surface area contributed by atoms with Gasteiger partial charge in [0.25, 0.3) is 0 Å². The van der Waals surface area contributed by atoms with Crippen molar-refractivity contribution in [1.29, 1.82) is 0 Å². The molecule has 1 N–H and O–H groups in total. The van der Waals surface area contributed by atoms with Gasteiger partial charge in [0.2, 0.25) is 0 Å². The third-order valence-electron chi connectivity index (χ3n) is 4.14. The second-order valence-corrected chi connectivity index (χ2v) is 6.68. The zero-order valence-electron chi connectivity index (χ0n) is 14.1. The molecule has 0 spiro atoms. The maximum atomic E-state index is 11.9. The first-order valence-corrected chi connectivity index (χ1v) is 8.75. The van der Waals surface area contributed by atoms with Gasteiger partial charge in [-0.15, -0.1) is 10.2 Å². The lowest BCUT2D eigenvalue weighted by molar-refractivity contribution is 0.0983. The number of anilines is 1. The van der Waals surface area contributed by atoms with Crippen molar-refractivity contribution >= 4 is 38.2 Å². The third-order valence-corrected chi connectivity index (χ3v) is 5.23. The summed E-state index contributed by atoms with van der Waals surface area (Å²) in [6.07, 6.45) is 3.87. The van der Waals surface area contributed by atoms with Crippen LogP contribution in [-0.4, -0.2) is 37.4 Å². The summed E-state index contributed by atoms with van der Waals surface area (Å²) >= 11 is 1.55. The Balaban J connectivity index is 1.96. The molecule has 7 nitrogen and oxygen atoms in total. The molecule has 4 heterocycles. The van der Waals surface area contributed by atoms with E-state index >= 15 is 0 Å². The smallest absolute Gasteiger partial charge is 0.184 e. The van der Waals surface area contributed by atoms with Gasteiger partial charge < -0.3 is 5.32 Å². The highest BCUT2D eigenvalue weighted by molar-refractivity contribution is 7.21. The number of aromatic nitrogens is 5. The molecule has 4 aromatic heterocycles. The Morgan fingerprint density at radius 1 is 1.32 bits per heavy atom. The second kappa shape index (κ2) is 5.89. The largest absolute Gasteiger partial charge is 0.365 e. The van der Waals surface area contributed by atoms with Crippen molar-refractivity contribution in [2.75, 3.05) is 12.4 Å². The number of thiazole rings is 1. The lowest BCUT2D eigenvalue weighted by Gasteiger charge is -2.08. The number of nitrogens with one attached hydrogen (secondary N) is 1. The molecule has 4 rings (SSSR count). The quantitative estimate of drug-likeness (QED) is 0.567. The number of carbonyl (C=O) groups excluding carboxylic acids is 1. The Kier molecular flexibility index (Phi) is 3.69. The topological polar surface area (TPSA) is 85.1 Å². The monoisotopic (exact) mass is 352 g/mol. The van der Waals surface area contributed by atoms with Gasteiger partial charge in [-0.25, -0.2) is 4.98 Å². The van der Waals surface area contributed by atoms with Crippen LogP contribution >= 0.6 is 11.3 Å². The van der Waals surface area contributed by atoms with Gasteiger partial charge in [-0.1, -0.05) is 18.3 Å². The predicted molar refractivity (Wildman–Crippen MR) is 98.3 cm³/mol. The van der Waals surface area contributed by atoms with Crippen molar-refractivity contribution in [2.24, 2.45) is 0 Å². The summed E-state index contributed by atoms with van der Waals surface area (Å²) in [5, 5.41) is 12.2. The van der Waals surface area contributed by atoms with Gasteiger partial charge in [0.05, 0.1) is 0 Å². The molecule has 0 atom stereocenters. The van der Waals surface area contributed by atoms with Crippen LogP contribution in [0.1, 0.15) is 29.4 Å². The minimum absolute atomic E-state index is 0.0379. The average Bonchev–Trinajstić information content (AvgIpc) is 3.26. The van der Waals surface area contributed by atoms with E-state index in [1.54, 1.807) is 23.9 Å². The Bertz CT molecular complexity index is 1110. The van der Waals surface area contributed by atoms with Gasteiger partial charge in [-0.3, -0.25) is 14.2 Å². The Hall–Kier alpha value is -2.87. The van der Waals surface area contributed by atoms with Crippen LogP contribution in [0.3, 0.4) is 0 Å². The fourth-order valence-electron chi connectivity index (χ4n) is 2.84. The van der Waals surface area contributed by atoms with Crippen LogP contribution < -0.4 is 5.32 Å². The lowest BCUT2D eigenvalue weighted by Crippen LogP contribution is -2.02. The van der Waals surface area contributed by atoms with Crippen molar-refractivity contribution in [3.8, 4) is 11.1 Å². The maximum absolute atomic E-state index is 11.9. The van der Waals surface area contributed by atoms with Gasteiger partial charge in [-0.05, 0) is 24.6 Å². The van der Waals surface area contributed by atoms with E-state index in [2.05, 4.69) is 25.5 Å². The summed E-state index contributed by atoms with van der Waals surface area (Å²) in [6, 6.07) is 3.83. The molecule has 0 saturated carbocycles. The molecule has 4 aromatic rings. The molecule has 0 saturated heterocycles. The molecule has 0 bridgehead atoms. The van der Waals surface area contributed by atoms with Crippen molar-refractivity contribution in [2.45, 2.75) is 20.3 Å². The predicted octanol–water partition coefficient (Wildman–Crippen LogP) is 3.34. The maximum Gasteiger partial charge on any atom is 0.184 e. The number of fused-ring (bicyclic) bond motifs is 3. The normalized spacial score (nSPS) is 11.3. The van der Waals surface area contributed by atoms with E-state index in [1.165, 1.54) is 0 Å². The van der Waals surface area contributed by atoms with Crippen LogP contribution in [0.25, 0.3) is 27.1 Å². The third kappa shape index (κ3) is 2.45. The number of carbonyl (C=O) groups is 1. The molecule has 126 valence electrons. The molecule has 8 heteroatoms. The first-order valence-electron chi connectivity index (χ1n) is 7.93. The van der Waals surface area contributed by atoms with Crippen molar-refractivity contribution in [3.63, 3.8) is 0 Å². The van der Waals surface area contributed by atoms with Crippen LogP contribution in [-0.2, 0) is 0 Å². The number of Topliss-reactive ketones (excluding diaryl/α,β-unsaturated/α-hetero) is 1. The van der Waals surface area contributed by atoms with E-state index in [-0.39, 0.29) is 5.78 Å². The standard InChI is InChI=1S/C17H16N6OS/c1-4-14(24)12-5-9(2)11(7-19-12)10-6-13-16(25-17(18-3)21-13)23-8-20-22-15(10)23/h5-8H,4H2,1-3H3,(H,18,21). The van der Waals surface area contributed by atoms with Gasteiger partial charge in [0, 0.05) is 30.8 Å². The molecule has 0 unspecified atom stereocenters. The van der Waals surface area contributed by atoms with Crippen molar-refractivity contribution < 1.29 is 4.79 Å². The first kappa shape index (κ1) is 15.6. The van der Waals surface area contributed by atoms with E-state index in [1.807, 2.05) is 37.4 Å². The molecular formula is C17H16N6OS. The van der Waals surface area contributed by atoms with Gasteiger partial charge in [0.15, 0.2) is 16.6 Å². The summed E-state index contributed by atoms with van der Waals surface area (Å²) in [6.45, 7) is 3.81. The summed E-state index contributed by atoms with van der Waals surface area (Å²) in [5.74, 6) is 0.0379. The summed E-state index contributed by atoms with van der Waals surface area (Å²) in [4.78, 5) is 21.8. The highest BCUT2D eigenvalue weighted by Gasteiger charge is 2.16. The number of pyridine rings is 2. The highest BCUT2D eigenvalue weighted by Crippen LogP contribution is 2.33. The van der Waals surface area contributed by atoms with Crippen LogP contribution in [0, 0.1) is 6.92 Å². The molecule has 0 fully saturated rings. The lowest BCUT2D eigenvalue weighted by atomic mass is 10.0. The molecule has 0 aliphatic carbocycles. The van der Waals surface area contributed by atoms with Gasteiger partial charge in [0.1, 0.15) is 22.4 Å². The van der Waals surface area contributed by atoms with Crippen molar-refractivity contribution in [1.82, 2.24) is 24.6 Å². The summed E-state index contributed by atoms with van der Waals surface area (Å²) in [7, 11) is 1.85. The van der Waals surface area contributed by atoms with E-state index in [4.69, 9.17) is 0 Å². The van der Waals surface area contributed by atoms with E-state index < -0.39 is 0 Å². The molecule has 0 aromatic carbocycles. The molecule has 0 radical (unpaired) electrons. The first-order chi connectivity index (χ1) is 12.1. The minimum Gasteiger partial charge on any atom is -0.365 e. The zero-order chi connectivity index (χ0) is 17.6. The van der Waals surface area contributed by atoms with Crippen molar-refractivity contribution in [3.05, 3.63) is 35.9 Å². The number of rotatable bonds is 4. The number of hydrogen-bond acceptors (Lipinski definition) is 7. The van der Waals surface area contributed by atoms with E-state index in [9.17, 15) is 4.79 Å². The van der Waals surface area contributed by atoms with Crippen LogP contribution in [0.2, 0.25) is 0 Å². The van der Waals surface area contributed by atoms with E-state index in [0.29, 0.717) is 12.1 Å².